The number of rotatable bonds is 6. The van der Waals surface area contributed by atoms with Crippen molar-refractivity contribution >= 4 is 5.95 Å². The van der Waals surface area contributed by atoms with E-state index in [0.29, 0.717) is 6.04 Å². The molecule has 0 spiro atoms. The Hall–Kier alpha value is -1.20. The topological polar surface area (TPSA) is 50.3 Å². The Balaban J connectivity index is 1.30. The summed E-state index contributed by atoms with van der Waals surface area (Å²) in [4.78, 5) is 10.9. The fourth-order valence-corrected chi connectivity index (χ4v) is 3.25. The maximum atomic E-state index is 5.42. The number of hydrogen-bond donors (Lipinski definition) is 1. The molecule has 1 N–H and O–H groups in total. The van der Waals surface area contributed by atoms with E-state index < -0.39 is 0 Å². The first-order chi connectivity index (χ1) is 10.4. The van der Waals surface area contributed by atoms with E-state index in [0.717, 1.165) is 44.7 Å². The molecule has 0 saturated carbocycles. The van der Waals surface area contributed by atoms with E-state index in [1.54, 1.807) is 0 Å². The Morgan fingerprint density at radius 1 is 1.19 bits per heavy atom. The van der Waals surface area contributed by atoms with Gasteiger partial charge in [-0.2, -0.15) is 0 Å². The van der Waals surface area contributed by atoms with Gasteiger partial charge in [-0.15, -0.1) is 0 Å². The lowest BCUT2D eigenvalue weighted by atomic mass is 10.0. The van der Waals surface area contributed by atoms with Crippen molar-refractivity contribution in [3.05, 3.63) is 18.5 Å². The Labute approximate surface area is 127 Å². The summed E-state index contributed by atoms with van der Waals surface area (Å²) in [6, 6.07) is 2.53. The molecule has 2 saturated heterocycles. The van der Waals surface area contributed by atoms with Crippen LogP contribution in [0.25, 0.3) is 0 Å². The lowest BCUT2D eigenvalue weighted by Gasteiger charge is -2.32. The Morgan fingerprint density at radius 3 is 2.71 bits per heavy atom. The van der Waals surface area contributed by atoms with Crippen molar-refractivity contribution in [3.8, 4) is 0 Å². The lowest BCUT2D eigenvalue weighted by molar-refractivity contribution is 0.183. The van der Waals surface area contributed by atoms with Crippen LogP contribution in [0.4, 0.5) is 5.95 Å². The smallest absolute Gasteiger partial charge is 0.225 e. The Bertz CT molecular complexity index is 400. The van der Waals surface area contributed by atoms with Gasteiger partial charge in [0.05, 0.1) is 0 Å². The van der Waals surface area contributed by atoms with Crippen LogP contribution in [0.2, 0.25) is 0 Å². The number of ether oxygens (including phenoxy) is 1. The summed E-state index contributed by atoms with van der Waals surface area (Å²) < 4.78 is 5.42. The third-order valence-corrected chi connectivity index (χ3v) is 4.58. The minimum Gasteiger partial charge on any atom is -0.381 e. The molecule has 1 aromatic heterocycles. The highest BCUT2D eigenvalue weighted by atomic mass is 16.5. The second-order valence-electron chi connectivity index (χ2n) is 6.14. The quantitative estimate of drug-likeness (QED) is 0.810. The Morgan fingerprint density at radius 2 is 2.00 bits per heavy atom. The second-order valence-corrected chi connectivity index (χ2v) is 6.14. The highest BCUT2D eigenvalue weighted by molar-refractivity contribution is 5.29. The molecule has 3 rings (SSSR count). The van der Waals surface area contributed by atoms with Crippen LogP contribution < -0.4 is 10.2 Å². The van der Waals surface area contributed by atoms with Crippen LogP contribution in [-0.2, 0) is 4.74 Å². The first kappa shape index (κ1) is 14.7. The van der Waals surface area contributed by atoms with Crippen LogP contribution in [0.5, 0.6) is 0 Å². The van der Waals surface area contributed by atoms with Gasteiger partial charge in [0.2, 0.25) is 5.95 Å². The SMILES string of the molecule is c1cnc(N2CCC(NCCC[C@H]3CCOC3)CC2)nc1. The summed E-state index contributed by atoms with van der Waals surface area (Å²) in [5.41, 5.74) is 0. The maximum absolute atomic E-state index is 5.42. The molecule has 5 heteroatoms. The molecule has 0 amide bonds. The minimum absolute atomic E-state index is 0.657. The summed E-state index contributed by atoms with van der Waals surface area (Å²) in [5.74, 6) is 1.68. The van der Waals surface area contributed by atoms with Crippen molar-refractivity contribution in [3.63, 3.8) is 0 Å². The van der Waals surface area contributed by atoms with E-state index in [-0.39, 0.29) is 0 Å². The molecule has 21 heavy (non-hydrogen) atoms. The van der Waals surface area contributed by atoms with Crippen LogP contribution in [0.1, 0.15) is 32.1 Å². The largest absolute Gasteiger partial charge is 0.381 e. The van der Waals surface area contributed by atoms with Gasteiger partial charge in [0.15, 0.2) is 0 Å². The molecule has 1 aromatic rings. The molecule has 0 unspecified atom stereocenters. The van der Waals surface area contributed by atoms with Crippen LogP contribution in [-0.4, -0.2) is 48.9 Å². The van der Waals surface area contributed by atoms with Gasteiger partial charge in [-0.1, -0.05) is 0 Å². The molecule has 1 atom stereocenters. The fourth-order valence-electron chi connectivity index (χ4n) is 3.25. The zero-order chi connectivity index (χ0) is 14.3. The standard InChI is InChI=1S/C16H26N4O/c1(3-14-6-12-21-13-14)7-17-15-4-10-20(11-5-15)16-18-8-2-9-19-16/h2,8-9,14-15,17H,1,3-7,10-13H2/t14-/m0/s1. The van der Waals surface area contributed by atoms with Crippen LogP contribution in [0.15, 0.2) is 18.5 Å². The van der Waals surface area contributed by atoms with Crippen LogP contribution >= 0.6 is 0 Å². The van der Waals surface area contributed by atoms with Crippen LogP contribution in [0.3, 0.4) is 0 Å². The van der Waals surface area contributed by atoms with E-state index in [1.165, 1.54) is 32.1 Å². The predicted octanol–water partition coefficient (Wildman–Crippen LogP) is 1.85. The summed E-state index contributed by atoms with van der Waals surface area (Å²) in [5, 5.41) is 3.71. The molecule has 0 bridgehead atoms. The van der Waals surface area contributed by atoms with Gasteiger partial charge in [0.1, 0.15) is 0 Å². The molecular formula is C16H26N4O. The number of hydrogen-bond acceptors (Lipinski definition) is 5. The molecule has 0 radical (unpaired) electrons. The number of nitrogens with one attached hydrogen (secondary N) is 1. The van der Waals surface area contributed by atoms with Crippen molar-refractivity contribution in [2.45, 2.75) is 38.1 Å². The molecule has 116 valence electrons. The van der Waals surface area contributed by atoms with Gasteiger partial charge in [0, 0.05) is 44.7 Å². The van der Waals surface area contributed by atoms with Gasteiger partial charge < -0.3 is 15.0 Å². The molecular weight excluding hydrogens is 264 g/mol. The second kappa shape index (κ2) is 7.71. The zero-order valence-electron chi connectivity index (χ0n) is 12.7. The van der Waals surface area contributed by atoms with Crippen molar-refractivity contribution in [2.75, 3.05) is 37.7 Å². The summed E-state index contributed by atoms with van der Waals surface area (Å²) >= 11 is 0. The van der Waals surface area contributed by atoms with Crippen molar-refractivity contribution < 1.29 is 4.74 Å². The maximum Gasteiger partial charge on any atom is 0.225 e. The lowest BCUT2D eigenvalue weighted by Crippen LogP contribution is -2.43. The molecule has 3 heterocycles. The highest BCUT2D eigenvalue weighted by Gasteiger charge is 2.20. The first-order valence-electron chi connectivity index (χ1n) is 8.25. The average molecular weight is 290 g/mol. The molecule has 2 aliphatic rings. The normalized spacial score (nSPS) is 23.6. The van der Waals surface area contributed by atoms with E-state index in [2.05, 4.69) is 20.2 Å². The van der Waals surface area contributed by atoms with Crippen molar-refractivity contribution in [1.29, 1.82) is 0 Å². The minimum atomic E-state index is 0.657. The monoisotopic (exact) mass is 290 g/mol. The summed E-state index contributed by atoms with van der Waals surface area (Å²) in [6.07, 6.45) is 9.85. The van der Waals surface area contributed by atoms with Gasteiger partial charge in [-0.3, -0.25) is 0 Å². The molecule has 0 aromatic carbocycles. The number of aromatic nitrogens is 2. The van der Waals surface area contributed by atoms with E-state index in [1.807, 2.05) is 18.5 Å². The Kier molecular flexibility index (Phi) is 5.40. The zero-order valence-corrected chi connectivity index (χ0v) is 12.7. The van der Waals surface area contributed by atoms with Crippen molar-refractivity contribution in [1.82, 2.24) is 15.3 Å². The van der Waals surface area contributed by atoms with Gasteiger partial charge in [-0.05, 0) is 50.6 Å². The third-order valence-electron chi connectivity index (χ3n) is 4.58. The van der Waals surface area contributed by atoms with E-state index in [9.17, 15) is 0 Å². The first-order valence-corrected chi connectivity index (χ1v) is 8.25. The molecule has 5 nitrogen and oxygen atoms in total. The van der Waals surface area contributed by atoms with Crippen molar-refractivity contribution in [2.24, 2.45) is 5.92 Å². The number of nitrogens with zero attached hydrogens (tertiary/aromatic N) is 3. The number of piperidine rings is 1. The van der Waals surface area contributed by atoms with Gasteiger partial charge in [0.25, 0.3) is 0 Å². The molecule has 0 aliphatic carbocycles. The van der Waals surface area contributed by atoms with Crippen LogP contribution in [0, 0.1) is 5.92 Å². The molecule has 2 aliphatic heterocycles. The van der Waals surface area contributed by atoms with Gasteiger partial charge in [-0.25, -0.2) is 9.97 Å². The van der Waals surface area contributed by atoms with E-state index in [4.69, 9.17) is 4.74 Å². The summed E-state index contributed by atoms with van der Waals surface area (Å²) in [6.45, 7) is 5.20. The summed E-state index contributed by atoms with van der Waals surface area (Å²) in [7, 11) is 0. The highest BCUT2D eigenvalue weighted by Crippen LogP contribution is 2.18. The van der Waals surface area contributed by atoms with Gasteiger partial charge >= 0.3 is 0 Å². The third kappa shape index (κ3) is 4.38. The average Bonchev–Trinajstić information content (AvgIpc) is 3.06. The molecule has 2 fully saturated rings. The predicted molar refractivity (Wildman–Crippen MR) is 83.4 cm³/mol. The number of anilines is 1. The van der Waals surface area contributed by atoms with E-state index >= 15 is 0 Å². The fraction of sp³-hybridized carbons (Fsp3) is 0.750.